The minimum Gasteiger partial charge on any atom is -0.389 e. The molecule has 0 amide bonds. The number of benzene rings is 1. The first-order valence-corrected chi connectivity index (χ1v) is 6.03. The number of anilines is 1. The molecular weight excluding hydrogens is 226 g/mol. The summed E-state index contributed by atoms with van der Waals surface area (Å²) in [4.78, 5) is 2.16. The molecule has 0 saturated heterocycles. The van der Waals surface area contributed by atoms with Crippen molar-refractivity contribution < 1.29 is 5.11 Å². The van der Waals surface area contributed by atoms with Crippen molar-refractivity contribution in [3.63, 3.8) is 0 Å². The highest BCUT2D eigenvalue weighted by atomic mass is 16.3. The first kappa shape index (κ1) is 12.6. The molecule has 2 aromatic rings. The molecule has 0 unspecified atom stereocenters. The van der Waals surface area contributed by atoms with Crippen molar-refractivity contribution >= 4 is 5.69 Å². The molecule has 0 aliphatic rings. The highest BCUT2D eigenvalue weighted by Gasteiger charge is 2.05. The molecule has 0 bridgehead atoms. The van der Waals surface area contributed by atoms with Gasteiger partial charge in [0.1, 0.15) is 0 Å². The molecular formula is C14H19N3O. The molecule has 4 heteroatoms. The quantitative estimate of drug-likeness (QED) is 0.897. The summed E-state index contributed by atoms with van der Waals surface area (Å²) in [6, 6.07) is 7.97. The highest BCUT2D eigenvalue weighted by molar-refractivity contribution is 5.47. The maximum atomic E-state index is 9.47. The molecule has 18 heavy (non-hydrogen) atoms. The maximum absolute atomic E-state index is 9.47. The van der Waals surface area contributed by atoms with E-state index in [9.17, 15) is 5.11 Å². The van der Waals surface area contributed by atoms with E-state index in [0.29, 0.717) is 0 Å². The van der Waals surface area contributed by atoms with Crippen LogP contribution in [0.3, 0.4) is 0 Å². The van der Waals surface area contributed by atoms with E-state index in [0.717, 1.165) is 17.8 Å². The van der Waals surface area contributed by atoms with E-state index in [1.54, 1.807) is 11.6 Å². The van der Waals surface area contributed by atoms with Crippen LogP contribution in [-0.2, 0) is 13.6 Å². The summed E-state index contributed by atoms with van der Waals surface area (Å²) >= 11 is 0. The molecule has 0 aliphatic carbocycles. The average molecular weight is 245 g/mol. The molecule has 1 aromatic carbocycles. The van der Waals surface area contributed by atoms with Crippen molar-refractivity contribution in [3.05, 3.63) is 47.8 Å². The number of aliphatic hydroxyl groups is 1. The van der Waals surface area contributed by atoms with Crippen molar-refractivity contribution in [1.29, 1.82) is 0 Å². The van der Waals surface area contributed by atoms with Crippen LogP contribution in [0.1, 0.15) is 24.2 Å². The zero-order valence-corrected chi connectivity index (χ0v) is 11.0. The highest BCUT2D eigenvalue weighted by Crippen LogP contribution is 2.19. The zero-order chi connectivity index (χ0) is 13.1. The second kappa shape index (κ2) is 5.23. The van der Waals surface area contributed by atoms with Crippen LogP contribution in [-0.4, -0.2) is 21.9 Å². The van der Waals surface area contributed by atoms with Crippen LogP contribution in [0, 0.1) is 0 Å². The first-order valence-electron chi connectivity index (χ1n) is 6.03. The monoisotopic (exact) mass is 245 g/mol. The van der Waals surface area contributed by atoms with E-state index < -0.39 is 6.10 Å². The predicted octanol–water partition coefficient (Wildman–Crippen LogP) is 2.11. The molecule has 0 spiro atoms. The summed E-state index contributed by atoms with van der Waals surface area (Å²) < 4.78 is 1.81. The Morgan fingerprint density at radius 1 is 1.33 bits per heavy atom. The Morgan fingerprint density at radius 3 is 2.50 bits per heavy atom. The van der Waals surface area contributed by atoms with Crippen molar-refractivity contribution in [1.82, 2.24) is 9.78 Å². The fraction of sp³-hybridized carbons (Fsp3) is 0.357. The number of nitrogens with zero attached hydrogens (tertiary/aromatic N) is 3. The number of aliphatic hydroxyl groups excluding tert-OH is 1. The van der Waals surface area contributed by atoms with Gasteiger partial charge >= 0.3 is 0 Å². The third kappa shape index (κ3) is 2.90. The summed E-state index contributed by atoms with van der Waals surface area (Å²) in [5.41, 5.74) is 3.25. The van der Waals surface area contributed by atoms with Crippen LogP contribution in [0.5, 0.6) is 0 Å². The lowest BCUT2D eigenvalue weighted by Crippen LogP contribution is -2.15. The number of hydrogen-bond acceptors (Lipinski definition) is 3. The summed E-state index contributed by atoms with van der Waals surface area (Å²) in [6.45, 7) is 2.59. The Hall–Kier alpha value is -1.81. The van der Waals surface area contributed by atoms with E-state index in [1.807, 2.05) is 50.8 Å². The second-order valence-corrected chi connectivity index (χ2v) is 4.65. The molecule has 96 valence electrons. The Balaban J connectivity index is 2.06. The molecule has 4 nitrogen and oxygen atoms in total. The van der Waals surface area contributed by atoms with Crippen LogP contribution in [0.4, 0.5) is 5.69 Å². The summed E-state index contributed by atoms with van der Waals surface area (Å²) in [7, 11) is 3.96. The number of aromatic nitrogens is 2. The van der Waals surface area contributed by atoms with E-state index in [1.165, 1.54) is 5.56 Å². The average Bonchev–Trinajstić information content (AvgIpc) is 2.75. The van der Waals surface area contributed by atoms with Gasteiger partial charge in [-0.15, -0.1) is 0 Å². The second-order valence-electron chi connectivity index (χ2n) is 4.65. The van der Waals surface area contributed by atoms with Gasteiger partial charge < -0.3 is 10.0 Å². The number of hydrogen-bond donors (Lipinski definition) is 1. The van der Waals surface area contributed by atoms with Crippen LogP contribution < -0.4 is 4.90 Å². The molecule has 1 heterocycles. The molecule has 1 N–H and O–H groups in total. The van der Waals surface area contributed by atoms with Gasteiger partial charge in [-0.3, -0.25) is 4.68 Å². The van der Waals surface area contributed by atoms with Gasteiger partial charge in [0.15, 0.2) is 0 Å². The minimum atomic E-state index is -0.414. The molecule has 0 saturated carbocycles. The molecule has 1 atom stereocenters. The molecule has 0 radical (unpaired) electrons. The smallest absolute Gasteiger partial charge is 0.0761 e. The van der Waals surface area contributed by atoms with Crippen LogP contribution in [0.15, 0.2) is 36.7 Å². The minimum absolute atomic E-state index is 0.414. The molecule has 1 aromatic heterocycles. The lowest BCUT2D eigenvalue weighted by Gasteiger charge is -2.19. The topological polar surface area (TPSA) is 41.3 Å². The largest absolute Gasteiger partial charge is 0.389 e. The zero-order valence-electron chi connectivity index (χ0n) is 11.0. The van der Waals surface area contributed by atoms with Gasteiger partial charge in [0.25, 0.3) is 0 Å². The summed E-state index contributed by atoms with van der Waals surface area (Å²) in [5.74, 6) is 0. The normalized spacial score (nSPS) is 12.4. The molecule has 0 fully saturated rings. The summed E-state index contributed by atoms with van der Waals surface area (Å²) in [5, 5.41) is 13.6. The van der Waals surface area contributed by atoms with Crippen LogP contribution in [0.25, 0.3) is 0 Å². The fourth-order valence-electron chi connectivity index (χ4n) is 1.93. The van der Waals surface area contributed by atoms with E-state index in [2.05, 4.69) is 10.00 Å². The Labute approximate surface area is 107 Å². The van der Waals surface area contributed by atoms with Gasteiger partial charge in [-0.05, 0) is 24.6 Å². The van der Waals surface area contributed by atoms with E-state index in [-0.39, 0.29) is 0 Å². The van der Waals surface area contributed by atoms with Crippen molar-refractivity contribution in [2.75, 3.05) is 11.9 Å². The van der Waals surface area contributed by atoms with Gasteiger partial charge in [0.2, 0.25) is 0 Å². The van der Waals surface area contributed by atoms with Gasteiger partial charge in [-0.2, -0.15) is 5.10 Å². The van der Waals surface area contributed by atoms with Gasteiger partial charge in [0, 0.05) is 38.1 Å². The third-order valence-corrected chi connectivity index (χ3v) is 2.99. The van der Waals surface area contributed by atoms with Crippen LogP contribution >= 0.6 is 0 Å². The first-order chi connectivity index (χ1) is 8.56. The molecule has 2 rings (SSSR count). The maximum Gasteiger partial charge on any atom is 0.0761 e. The van der Waals surface area contributed by atoms with Gasteiger partial charge in [-0.25, -0.2) is 0 Å². The Kier molecular flexibility index (Phi) is 3.67. The standard InChI is InChI=1S/C14H19N3O/c1-11(18)13-4-6-14(7-5-13)16(2)9-12-8-15-17(3)10-12/h4-8,10-11,18H,9H2,1-3H3/t11-/m0/s1. The van der Waals surface area contributed by atoms with Gasteiger partial charge in [-0.1, -0.05) is 12.1 Å². The number of rotatable bonds is 4. The third-order valence-electron chi connectivity index (χ3n) is 2.99. The lowest BCUT2D eigenvalue weighted by molar-refractivity contribution is 0.199. The van der Waals surface area contributed by atoms with Crippen LogP contribution in [0.2, 0.25) is 0 Å². The predicted molar refractivity (Wildman–Crippen MR) is 72.4 cm³/mol. The molecule has 0 aliphatic heterocycles. The lowest BCUT2D eigenvalue weighted by atomic mass is 10.1. The van der Waals surface area contributed by atoms with E-state index in [4.69, 9.17) is 0 Å². The van der Waals surface area contributed by atoms with E-state index >= 15 is 0 Å². The summed E-state index contributed by atoms with van der Waals surface area (Å²) in [6.07, 6.45) is 3.48. The number of aryl methyl sites for hydroxylation is 1. The SMILES string of the molecule is C[C@H](O)c1ccc(N(C)Cc2cnn(C)c2)cc1. The van der Waals surface area contributed by atoms with Crippen molar-refractivity contribution in [3.8, 4) is 0 Å². The van der Waals surface area contributed by atoms with Crippen molar-refractivity contribution in [2.45, 2.75) is 19.6 Å². The fourth-order valence-corrected chi connectivity index (χ4v) is 1.93. The van der Waals surface area contributed by atoms with Crippen molar-refractivity contribution in [2.24, 2.45) is 7.05 Å². The Morgan fingerprint density at radius 2 is 2.00 bits per heavy atom. The Bertz CT molecular complexity index is 502. The van der Waals surface area contributed by atoms with Gasteiger partial charge in [0.05, 0.1) is 12.3 Å².